The van der Waals surface area contributed by atoms with E-state index in [9.17, 15) is 5.11 Å². The summed E-state index contributed by atoms with van der Waals surface area (Å²) in [5, 5.41) is 10.8. The molecule has 0 aliphatic carbocycles. The van der Waals surface area contributed by atoms with Crippen LogP contribution in [0.5, 0.6) is 0 Å². The summed E-state index contributed by atoms with van der Waals surface area (Å²) in [6.07, 6.45) is 0.682. The highest BCUT2D eigenvalue weighted by Crippen LogP contribution is 2.16. The van der Waals surface area contributed by atoms with Crippen molar-refractivity contribution in [3.63, 3.8) is 0 Å². The van der Waals surface area contributed by atoms with E-state index in [2.05, 4.69) is 0 Å². The number of hydrogen-bond acceptors (Lipinski definition) is 2. The van der Waals surface area contributed by atoms with E-state index < -0.39 is 6.10 Å². The Morgan fingerprint density at radius 2 is 1.83 bits per heavy atom. The molecule has 0 heterocycles. The molecule has 0 saturated heterocycles. The van der Waals surface area contributed by atoms with Crippen LogP contribution in [0, 0.1) is 0 Å². The van der Waals surface area contributed by atoms with Crippen molar-refractivity contribution in [2.24, 2.45) is 0 Å². The molecule has 2 aromatic rings. The molecule has 0 spiro atoms. The van der Waals surface area contributed by atoms with Gasteiger partial charge in [0.25, 0.3) is 0 Å². The number of benzene rings is 2. The number of halogens is 1. The summed E-state index contributed by atoms with van der Waals surface area (Å²) in [5.74, 6) is 0. The molecule has 1 atom stereocenters. The lowest BCUT2D eigenvalue weighted by Crippen LogP contribution is -2.14. The first kappa shape index (κ1) is 12.9. The molecule has 0 amide bonds. The van der Waals surface area contributed by atoms with Crippen LogP contribution < -0.4 is 5.73 Å². The van der Waals surface area contributed by atoms with Crippen LogP contribution in [0.25, 0.3) is 0 Å². The highest BCUT2D eigenvalue weighted by molar-refractivity contribution is 6.30. The molecule has 3 N–H and O–H groups in total. The number of aliphatic hydroxyl groups is 1. The number of rotatable bonds is 4. The van der Waals surface area contributed by atoms with Gasteiger partial charge in [-0.05, 0) is 35.7 Å². The monoisotopic (exact) mass is 261 g/mol. The van der Waals surface area contributed by atoms with E-state index >= 15 is 0 Å². The predicted octanol–water partition coefficient (Wildman–Crippen LogP) is 3.07. The average molecular weight is 262 g/mol. The highest BCUT2D eigenvalue weighted by atomic mass is 35.5. The molecule has 2 aromatic carbocycles. The lowest BCUT2D eigenvalue weighted by molar-refractivity contribution is 0.175. The molecule has 3 heteroatoms. The number of aliphatic hydroxyl groups excluding tert-OH is 1. The van der Waals surface area contributed by atoms with Crippen LogP contribution in [-0.4, -0.2) is 11.2 Å². The van der Waals surface area contributed by atoms with E-state index in [0.29, 0.717) is 17.9 Å². The van der Waals surface area contributed by atoms with Gasteiger partial charge in [0.05, 0.1) is 6.10 Å². The Kier molecular flexibility index (Phi) is 4.24. The van der Waals surface area contributed by atoms with Crippen LogP contribution in [0.1, 0.15) is 11.1 Å². The molecule has 0 aliphatic rings. The third-order valence-electron chi connectivity index (χ3n) is 2.87. The average Bonchev–Trinajstić information content (AvgIpc) is 2.32. The number of nitrogen functional groups attached to an aromatic ring is 1. The van der Waals surface area contributed by atoms with Gasteiger partial charge in [-0.2, -0.15) is 0 Å². The largest absolute Gasteiger partial charge is 0.399 e. The molecule has 0 radical (unpaired) electrons. The van der Waals surface area contributed by atoms with Crippen molar-refractivity contribution in [2.75, 3.05) is 5.73 Å². The molecule has 1 unspecified atom stereocenters. The van der Waals surface area contributed by atoms with Crippen LogP contribution in [0.3, 0.4) is 0 Å². The summed E-state index contributed by atoms with van der Waals surface area (Å²) in [6, 6.07) is 15.2. The normalized spacial score (nSPS) is 12.3. The Balaban J connectivity index is 2.01. The van der Waals surface area contributed by atoms with Gasteiger partial charge < -0.3 is 10.8 Å². The molecule has 0 aliphatic heterocycles. The Hall–Kier alpha value is -1.51. The number of para-hydroxylation sites is 1. The van der Waals surface area contributed by atoms with Gasteiger partial charge in [0.15, 0.2) is 0 Å². The molecular weight excluding hydrogens is 246 g/mol. The zero-order chi connectivity index (χ0) is 13.0. The molecule has 18 heavy (non-hydrogen) atoms. The van der Waals surface area contributed by atoms with Crippen LogP contribution in [0.15, 0.2) is 48.5 Å². The molecule has 2 rings (SSSR count). The summed E-state index contributed by atoms with van der Waals surface area (Å²) in [6.45, 7) is 0. The molecular formula is C15H16ClNO. The van der Waals surface area contributed by atoms with Crippen molar-refractivity contribution in [1.29, 1.82) is 0 Å². The first-order valence-electron chi connectivity index (χ1n) is 5.91. The Labute approximate surface area is 112 Å². The predicted molar refractivity (Wildman–Crippen MR) is 75.7 cm³/mol. The maximum atomic E-state index is 10.1. The fourth-order valence-electron chi connectivity index (χ4n) is 1.98. The van der Waals surface area contributed by atoms with Gasteiger partial charge in [-0.1, -0.05) is 41.9 Å². The van der Waals surface area contributed by atoms with Crippen molar-refractivity contribution in [2.45, 2.75) is 18.9 Å². The minimum Gasteiger partial charge on any atom is -0.399 e. The quantitative estimate of drug-likeness (QED) is 0.831. The van der Waals surface area contributed by atoms with Crippen LogP contribution in [0.2, 0.25) is 5.02 Å². The highest BCUT2D eigenvalue weighted by Gasteiger charge is 2.09. The Bertz CT molecular complexity index is 527. The van der Waals surface area contributed by atoms with Gasteiger partial charge in [0.2, 0.25) is 0 Å². The number of hydrogen-bond donors (Lipinski definition) is 2. The fraction of sp³-hybridized carbons (Fsp3) is 0.200. The van der Waals surface area contributed by atoms with Gasteiger partial charge in [-0.25, -0.2) is 0 Å². The van der Waals surface area contributed by atoms with Gasteiger partial charge >= 0.3 is 0 Å². The topological polar surface area (TPSA) is 46.2 Å². The van der Waals surface area contributed by atoms with E-state index in [1.165, 1.54) is 0 Å². The second-order valence-electron chi connectivity index (χ2n) is 4.39. The SMILES string of the molecule is Nc1ccccc1CC(O)Cc1cccc(Cl)c1. The van der Waals surface area contributed by atoms with Crippen LogP contribution in [-0.2, 0) is 12.8 Å². The van der Waals surface area contributed by atoms with E-state index in [-0.39, 0.29) is 0 Å². The van der Waals surface area contributed by atoms with Crippen LogP contribution >= 0.6 is 11.6 Å². The Morgan fingerprint density at radius 1 is 1.06 bits per heavy atom. The van der Waals surface area contributed by atoms with E-state index in [1.807, 2.05) is 48.5 Å². The molecule has 94 valence electrons. The van der Waals surface area contributed by atoms with E-state index in [4.69, 9.17) is 17.3 Å². The van der Waals surface area contributed by atoms with Gasteiger partial charge in [0.1, 0.15) is 0 Å². The summed E-state index contributed by atoms with van der Waals surface area (Å²) in [7, 11) is 0. The fourth-order valence-corrected chi connectivity index (χ4v) is 2.20. The second-order valence-corrected chi connectivity index (χ2v) is 4.83. The minimum absolute atomic E-state index is 0.451. The van der Waals surface area contributed by atoms with Crippen LogP contribution in [0.4, 0.5) is 5.69 Å². The van der Waals surface area contributed by atoms with Crippen molar-refractivity contribution >= 4 is 17.3 Å². The zero-order valence-corrected chi connectivity index (χ0v) is 10.8. The van der Waals surface area contributed by atoms with Crippen molar-refractivity contribution in [3.8, 4) is 0 Å². The molecule has 0 aromatic heterocycles. The van der Waals surface area contributed by atoms with E-state index in [0.717, 1.165) is 16.8 Å². The molecule has 0 fully saturated rings. The number of anilines is 1. The first-order valence-corrected chi connectivity index (χ1v) is 6.29. The lowest BCUT2D eigenvalue weighted by Gasteiger charge is -2.12. The summed E-state index contributed by atoms with van der Waals surface area (Å²) in [5.41, 5.74) is 8.59. The third-order valence-corrected chi connectivity index (χ3v) is 3.11. The van der Waals surface area contributed by atoms with E-state index in [1.54, 1.807) is 0 Å². The summed E-state index contributed by atoms with van der Waals surface area (Å²) in [4.78, 5) is 0. The van der Waals surface area contributed by atoms with Crippen molar-refractivity contribution < 1.29 is 5.11 Å². The smallest absolute Gasteiger partial charge is 0.0621 e. The maximum absolute atomic E-state index is 10.1. The Morgan fingerprint density at radius 3 is 2.56 bits per heavy atom. The van der Waals surface area contributed by atoms with Gasteiger partial charge in [-0.3, -0.25) is 0 Å². The molecule has 0 bridgehead atoms. The molecule has 2 nitrogen and oxygen atoms in total. The second kappa shape index (κ2) is 5.89. The van der Waals surface area contributed by atoms with Crippen molar-refractivity contribution in [3.05, 3.63) is 64.7 Å². The van der Waals surface area contributed by atoms with Gasteiger partial charge in [-0.15, -0.1) is 0 Å². The summed E-state index contributed by atoms with van der Waals surface area (Å²) >= 11 is 5.91. The lowest BCUT2D eigenvalue weighted by atomic mass is 10.0. The first-order chi connectivity index (χ1) is 8.65. The minimum atomic E-state index is -0.451. The van der Waals surface area contributed by atoms with Crippen molar-refractivity contribution in [1.82, 2.24) is 0 Å². The standard InChI is InChI=1S/C15H16ClNO/c16-13-6-3-4-11(8-13)9-14(18)10-12-5-1-2-7-15(12)17/h1-8,14,18H,9-10,17H2. The summed E-state index contributed by atoms with van der Waals surface area (Å²) < 4.78 is 0. The third kappa shape index (κ3) is 3.49. The maximum Gasteiger partial charge on any atom is 0.0621 e. The zero-order valence-electron chi connectivity index (χ0n) is 10.0. The number of nitrogens with two attached hydrogens (primary N) is 1. The van der Waals surface area contributed by atoms with Gasteiger partial charge in [0, 0.05) is 17.1 Å². The molecule has 0 saturated carbocycles.